The Morgan fingerprint density at radius 2 is 2.00 bits per heavy atom. The van der Waals surface area contributed by atoms with E-state index in [-0.39, 0.29) is 43.6 Å². The molecular formula is C2H6BNaO2. The maximum absolute atomic E-state index is 9.65. The van der Waals surface area contributed by atoms with Gasteiger partial charge in [0.25, 0.3) is 5.97 Å². The molecule has 0 spiro atoms. The summed E-state index contributed by atoms with van der Waals surface area (Å²) in [6.45, 7) is 1.42. The second-order valence-corrected chi connectivity index (χ2v) is 0.492. The van der Waals surface area contributed by atoms with E-state index >= 15 is 0 Å². The molecule has 0 fully saturated rings. The third-order valence-electron chi connectivity index (χ3n) is 0. The second-order valence-electron chi connectivity index (χ2n) is 0.492. The van der Waals surface area contributed by atoms with Gasteiger partial charge in [0.15, 0.2) is 0 Å². The maximum Gasteiger partial charge on any atom is 1.00 e. The monoisotopic (exact) mass is 96.0 g/mol. The van der Waals surface area contributed by atoms with Crippen LogP contribution in [0.4, 0.5) is 0 Å². The molecule has 0 N–H and O–H groups in total. The number of carbonyl (C=O) groups is 1. The van der Waals surface area contributed by atoms with Crippen molar-refractivity contribution in [3.05, 3.63) is 0 Å². The van der Waals surface area contributed by atoms with Crippen LogP contribution in [0.2, 0.25) is 0 Å². The molecule has 6 heavy (non-hydrogen) atoms. The van der Waals surface area contributed by atoms with E-state index in [0.717, 1.165) is 0 Å². The van der Waals surface area contributed by atoms with Crippen LogP contribution in [0.1, 0.15) is 6.92 Å². The van der Waals surface area contributed by atoms with E-state index < -0.39 is 0 Å². The summed E-state index contributed by atoms with van der Waals surface area (Å²) in [6.07, 6.45) is 0. The van der Waals surface area contributed by atoms with Crippen LogP contribution < -0.4 is 29.6 Å². The number of hydrogen-bond acceptors (Lipinski definition) is 2. The van der Waals surface area contributed by atoms with Crippen molar-refractivity contribution in [2.45, 2.75) is 6.92 Å². The van der Waals surface area contributed by atoms with E-state index in [1.54, 1.807) is 0 Å². The van der Waals surface area contributed by atoms with Crippen molar-refractivity contribution in [2.24, 2.45) is 0 Å². The van der Waals surface area contributed by atoms with Gasteiger partial charge in [0.2, 0.25) is 0 Å². The molecule has 0 saturated carbocycles. The van der Waals surface area contributed by atoms with Gasteiger partial charge in [0, 0.05) is 6.92 Å². The van der Waals surface area contributed by atoms with Gasteiger partial charge in [0.1, 0.15) is 8.05 Å². The third-order valence-corrected chi connectivity index (χ3v) is 0. The average Bonchev–Trinajstić information content (AvgIpc) is 1.38. The number of rotatable bonds is 0. The van der Waals surface area contributed by atoms with Crippen LogP contribution in [0.5, 0.6) is 0 Å². The first-order chi connectivity index (χ1) is 2.27. The first-order valence-electron chi connectivity index (χ1n) is 0.908. The van der Waals surface area contributed by atoms with Crippen molar-refractivity contribution in [1.82, 2.24) is 0 Å². The first kappa shape index (κ1) is 9.73. The van der Waals surface area contributed by atoms with Crippen LogP contribution in [0.3, 0.4) is 0 Å². The maximum atomic E-state index is 9.65. The Hall–Kier alpha value is 0.535. The molecule has 0 rings (SSSR count). The molecule has 0 radical (unpaired) electrons. The summed E-state index contributed by atoms with van der Waals surface area (Å²) in [5, 5.41) is 0. The minimum atomic E-state index is -0.137. The van der Waals surface area contributed by atoms with Crippen molar-refractivity contribution < 1.29 is 39.0 Å². The normalized spacial score (nSPS) is 5.67. The molecular weight excluding hydrogens is 89.8 g/mol. The van der Waals surface area contributed by atoms with Gasteiger partial charge in [-0.1, -0.05) is 0 Å². The van der Waals surface area contributed by atoms with Gasteiger partial charge in [-0.05, 0) is 0 Å². The van der Waals surface area contributed by atoms with Gasteiger partial charge in [0.05, 0.1) is 0 Å². The SMILES string of the molecule is [BH3-]OC(C)=O.[Na+]. The Bertz CT molecular complexity index is 46.8. The summed E-state index contributed by atoms with van der Waals surface area (Å²) < 4.78 is 4.36. The summed E-state index contributed by atoms with van der Waals surface area (Å²) in [5.41, 5.74) is 0. The Morgan fingerprint density at radius 3 is 2.00 bits per heavy atom. The fourth-order valence-corrected chi connectivity index (χ4v) is 0. The van der Waals surface area contributed by atoms with Crippen LogP contribution in [-0.4, -0.2) is 14.0 Å². The topological polar surface area (TPSA) is 26.3 Å². The van der Waals surface area contributed by atoms with Gasteiger partial charge in [-0.3, -0.25) is 4.79 Å². The quantitative estimate of drug-likeness (QED) is 0.286. The molecule has 0 aliphatic heterocycles. The van der Waals surface area contributed by atoms with Gasteiger partial charge < -0.3 is 4.65 Å². The smallest absolute Gasteiger partial charge is 0.697 e. The summed E-state index contributed by atoms with van der Waals surface area (Å²) in [5.74, 6) is -0.134. The van der Waals surface area contributed by atoms with Gasteiger partial charge in [-0.25, -0.2) is 0 Å². The number of carbonyl (C=O) groups excluding carboxylic acids is 1. The Kier molecular flexibility index (Phi) is 8.98. The van der Waals surface area contributed by atoms with Crippen molar-refractivity contribution in [1.29, 1.82) is 0 Å². The predicted octanol–water partition coefficient (Wildman–Crippen LogP) is -4.17. The third kappa shape index (κ3) is 8.82. The molecule has 0 bridgehead atoms. The van der Waals surface area contributed by atoms with Crippen LogP contribution in [0, 0.1) is 0 Å². The zero-order valence-corrected chi connectivity index (χ0v) is 5.32. The van der Waals surface area contributed by atoms with Crippen LogP contribution >= 0.6 is 0 Å². The van der Waals surface area contributed by atoms with E-state index in [0.29, 0.717) is 0 Å². The summed E-state index contributed by atoms with van der Waals surface area (Å²) in [6, 6.07) is 0. The van der Waals surface area contributed by atoms with E-state index in [4.69, 9.17) is 0 Å². The molecule has 30 valence electrons. The molecule has 2 nitrogen and oxygen atoms in total. The summed E-state index contributed by atoms with van der Waals surface area (Å²) in [4.78, 5) is 9.65. The van der Waals surface area contributed by atoms with Crippen LogP contribution in [0.15, 0.2) is 0 Å². The second kappa shape index (κ2) is 5.53. The minimum absolute atomic E-state index is 0. The molecule has 0 aliphatic rings. The molecule has 0 saturated heterocycles. The molecule has 0 aromatic heterocycles. The molecule has 0 aromatic carbocycles. The van der Waals surface area contributed by atoms with Crippen LogP contribution in [-0.2, 0) is 9.45 Å². The zero-order valence-electron chi connectivity index (χ0n) is 3.32. The fraction of sp³-hybridized carbons (Fsp3) is 0.500. The molecule has 0 unspecified atom stereocenters. The molecule has 0 atom stereocenters. The predicted molar refractivity (Wildman–Crippen MR) is 21.7 cm³/mol. The molecule has 4 heteroatoms. The zero-order chi connectivity index (χ0) is 4.28. The Labute approximate surface area is 60.0 Å². The summed E-state index contributed by atoms with van der Waals surface area (Å²) in [7, 11) is -0.137. The fourth-order valence-electron chi connectivity index (χ4n) is 0. The van der Waals surface area contributed by atoms with E-state index in [1.165, 1.54) is 6.92 Å². The largest absolute Gasteiger partial charge is 1.00 e. The molecule has 0 heterocycles. The van der Waals surface area contributed by atoms with E-state index in [9.17, 15) is 4.79 Å². The summed E-state index contributed by atoms with van der Waals surface area (Å²) >= 11 is 0. The first-order valence-corrected chi connectivity index (χ1v) is 0.908. The Morgan fingerprint density at radius 1 is 1.83 bits per heavy atom. The van der Waals surface area contributed by atoms with Crippen molar-refractivity contribution in [3.63, 3.8) is 0 Å². The van der Waals surface area contributed by atoms with Gasteiger partial charge in [-0.2, -0.15) is 0 Å². The van der Waals surface area contributed by atoms with Crippen molar-refractivity contribution >= 4 is 14.0 Å². The van der Waals surface area contributed by atoms with Crippen LogP contribution in [0.25, 0.3) is 0 Å². The minimum Gasteiger partial charge on any atom is -0.697 e. The molecule has 0 aliphatic carbocycles. The number of hydrogen-bond donors (Lipinski definition) is 0. The molecule has 0 amide bonds. The van der Waals surface area contributed by atoms with E-state index in [2.05, 4.69) is 4.65 Å². The average molecular weight is 95.9 g/mol. The Balaban J connectivity index is 0. The standard InChI is InChI=1S/C2H6BO2.Na/c1-2(4)5-3;/h1,3H3;/q-1;+1. The van der Waals surface area contributed by atoms with Gasteiger partial charge in [-0.15, -0.1) is 0 Å². The van der Waals surface area contributed by atoms with Crippen molar-refractivity contribution in [2.75, 3.05) is 0 Å². The van der Waals surface area contributed by atoms with E-state index in [1.807, 2.05) is 0 Å². The van der Waals surface area contributed by atoms with Gasteiger partial charge >= 0.3 is 29.6 Å². The molecule has 0 aromatic rings. The van der Waals surface area contributed by atoms with Crippen molar-refractivity contribution in [3.8, 4) is 0 Å².